The van der Waals surface area contributed by atoms with Gasteiger partial charge in [0.05, 0.1) is 0 Å². The van der Waals surface area contributed by atoms with Crippen molar-refractivity contribution in [2.75, 3.05) is 21.1 Å². The molecule has 0 spiro atoms. The summed E-state index contributed by atoms with van der Waals surface area (Å²) in [6.45, 7) is 9.33. The molecule has 0 aromatic carbocycles. The van der Waals surface area contributed by atoms with Crippen LogP contribution in [-0.4, -0.2) is 48.9 Å². The van der Waals surface area contributed by atoms with Crippen LogP contribution in [0.2, 0.25) is 0 Å². The highest BCUT2D eigenvalue weighted by Crippen LogP contribution is 2.68. The molecule has 9 atom stereocenters. The van der Waals surface area contributed by atoms with E-state index in [4.69, 9.17) is 0 Å². The fraction of sp³-hybridized carbons (Fsp3) is 0.962. The topological polar surface area (TPSA) is 23.6 Å². The fourth-order valence-corrected chi connectivity index (χ4v) is 9.09. The third-order valence-corrected chi connectivity index (χ3v) is 11.1. The Hall–Kier alpha value is -0.570. The second-order valence-corrected chi connectivity index (χ2v) is 12.1. The van der Waals surface area contributed by atoms with Crippen LogP contribution in [0.15, 0.2) is 0 Å². The smallest absolute Gasteiger partial charge is 0.219 e. The summed E-state index contributed by atoms with van der Waals surface area (Å²) in [6.07, 6.45) is 12.7. The summed E-state index contributed by atoms with van der Waals surface area (Å²) in [5, 5.41) is 0. The molecule has 1 amide bonds. The maximum absolute atomic E-state index is 12.0. The molecule has 4 aliphatic rings. The molecule has 166 valence electrons. The molecule has 0 N–H and O–H groups in total. The molecular formula is C26H46N2O. The van der Waals surface area contributed by atoms with E-state index in [9.17, 15) is 4.79 Å². The zero-order valence-corrected chi connectivity index (χ0v) is 20.2. The van der Waals surface area contributed by atoms with Crippen LogP contribution >= 0.6 is 0 Å². The Morgan fingerprint density at radius 3 is 2.21 bits per heavy atom. The zero-order valence-electron chi connectivity index (χ0n) is 20.2. The molecule has 0 aromatic heterocycles. The summed E-state index contributed by atoms with van der Waals surface area (Å²) in [5.41, 5.74) is 1.02. The van der Waals surface area contributed by atoms with E-state index in [1.807, 2.05) is 11.9 Å². The molecule has 0 bridgehead atoms. The molecular weight excluding hydrogens is 356 g/mol. The van der Waals surface area contributed by atoms with Gasteiger partial charge in [0, 0.05) is 26.1 Å². The van der Waals surface area contributed by atoms with E-state index < -0.39 is 0 Å². The Kier molecular flexibility index (Phi) is 5.63. The van der Waals surface area contributed by atoms with Gasteiger partial charge in [0.2, 0.25) is 5.91 Å². The molecule has 4 rings (SSSR count). The van der Waals surface area contributed by atoms with E-state index in [1.165, 1.54) is 57.8 Å². The third kappa shape index (κ3) is 3.29. The van der Waals surface area contributed by atoms with Crippen molar-refractivity contribution in [3.05, 3.63) is 0 Å². The lowest BCUT2D eigenvalue weighted by Gasteiger charge is -2.62. The number of rotatable bonds is 3. The van der Waals surface area contributed by atoms with Crippen LogP contribution in [0.5, 0.6) is 0 Å². The lowest BCUT2D eigenvalue weighted by atomic mass is 9.44. The van der Waals surface area contributed by atoms with Gasteiger partial charge in [-0.15, -0.1) is 0 Å². The normalized spacial score (nSPS) is 47.9. The van der Waals surface area contributed by atoms with Gasteiger partial charge in [0.15, 0.2) is 0 Å². The van der Waals surface area contributed by atoms with Gasteiger partial charge in [0.25, 0.3) is 0 Å². The van der Waals surface area contributed by atoms with Crippen molar-refractivity contribution in [2.45, 2.75) is 97.6 Å². The Morgan fingerprint density at radius 1 is 0.897 bits per heavy atom. The first-order valence-electron chi connectivity index (χ1n) is 12.5. The Morgan fingerprint density at radius 2 is 1.55 bits per heavy atom. The van der Waals surface area contributed by atoms with Gasteiger partial charge >= 0.3 is 0 Å². The second-order valence-electron chi connectivity index (χ2n) is 12.1. The minimum absolute atomic E-state index is 0.226. The Labute approximate surface area is 180 Å². The first kappa shape index (κ1) is 21.7. The minimum Gasteiger partial charge on any atom is -0.343 e. The average molecular weight is 403 g/mol. The first-order valence-corrected chi connectivity index (χ1v) is 12.5. The van der Waals surface area contributed by atoms with Gasteiger partial charge < -0.3 is 9.80 Å². The summed E-state index contributed by atoms with van der Waals surface area (Å²) in [4.78, 5) is 16.5. The van der Waals surface area contributed by atoms with Gasteiger partial charge in [-0.2, -0.15) is 0 Å². The van der Waals surface area contributed by atoms with Crippen LogP contribution < -0.4 is 0 Å². The van der Waals surface area contributed by atoms with E-state index >= 15 is 0 Å². The molecule has 3 heteroatoms. The molecule has 0 unspecified atom stereocenters. The molecule has 0 aromatic rings. The van der Waals surface area contributed by atoms with E-state index in [1.54, 1.807) is 6.92 Å². The van der Waals surface area contributed by atoms with Crippen molar-refractivity contribution >= 4 is 5.91 Å². The van der Waals surface area contributed by atoms with Crippen LogP contribution in [0.4, 0.5) is 0 Å². The lowest BCUT2D eigenvalue weighted by molar-refractivity contribution is -0.135. The molecule has 0 radical (unpaired) electrons. The lowest BCUT2D eigenvalue weighted by Crippen LogP contribution is -2.56. The second kappa shape index (κ2) is 7.53. The van der Waals surface area contributed by atoms with Crippen LogP contribution in [0, 0.1) is 40.4 Å². The molecule has 4 aliphatic carbocycles. The van der Waals surface area contributed by atoms with Crippen molar-refractivity contribution in [2.24, 2.45) is 40.4 Å². The number of fused-ring (bicyclic) bond motifs is 5. The van der Waals surface area contributed by atoms with E-state index in [-0.39, 0.29) is 5.91 Å². The summed E-state index contributed by atoms with van der Waals surface area (Å²) >= 11 is 0. The largest absolute Gasteiger partial charge is 0.343 e. The predicted molar refractivity (Wildman–Crippen MR) is 121 cm³/mol. The summed E-state index contributed by atoms with van der Waals surface area (Å²) < 4.78 is 0. The number of amides is 1. The van der Waals surface area contributed by atoms with Gasteiger partial charge in [-0.3, -0.25) is 4.79 Å². The van der Waals surface area contributed by atoms with Gasteiger partial charge in [-0.05, 0) is 119 Å². The summed E-state index contributed by atoms with van der Waals surface area (Å²) in [7, 11) is 6.58. The van der Waals surface area contributed by atoms with Gasteiger partial charge in [0.1, 0.15) is 0 Å². The molecule has 29 heavy (non-hydrogen) atoms. The predicted octanol–water partition coefficient (Wildman–Crippen LogP) is 5.44. The number of hydrogen-bond acceptors (Lipinski definition) is 2. The van der Waals surface area contributed by atoms with Gasteiger partial charge in [-0.25, -0.2) is 0 Å². The standard InChI is InChI=1S/C26H46N2O/c1-17(28(7)18(2)29)22-10-11-23-21-9-8-19-16-20(27(5)6)12-14-25(19,3)24(21)13-15-26(22,23)4/h17,19-24H,8-16H2,1-7H3/t17-,19+,20-,21+,22-,23+,24-,25+,26+/m1/s1. The quantitative estimate of drug-likeness (QED) is 0.627. The van der Waals surface area contributed by atoms with Crippen molar-refractivity contribution in [3.8, 4) is 0 Å². The molecule has 0 heterocycles. The first-order chi connectivity index (χ1) is 13.6. The van der Waals surface area contributed by atoms with Crippen molar-refractivity contribution in [3.63, 3.8) is 0 Å². The molecule has 0 aliphatic heterocycles. The Bertz CT molecular complexity index is 632. The third-order valence-electron chi connectivity index (χ3n) is 11.1. The van der Waals surface area contributed by atoms with E-state index in [0.29, 0.717) is 22.8 Å². The minimum atomic E-state index is 0.226. The molecule has 3 nitrogen and oxygen atoms in total. The SMILES string of the molecule is CC(=O)N(C)[C@H](C)[C@H]1CC[C@H]2[C@@H]3CC[C@H]4C[C@H](N(C)C)CC[C@]4(C)[C@@H]3CC[C@@]12C. The highest BCUT2D eigenvalue weighted by Gasteiger charge is 2.61. The molecule has 0 saturated heterocycles. The number of carbonyl (C=O) groups excluding carboxylic acids is 1. The number of hydrogen-bond donors (Lipinski definition) is 0. The van der Waals surface area contributed by atoms with E-state index in [0.717, 1.165) is 29.7 Å². The van der Waals surface area contributed by atoms with Crippen LogP contribution in [-0.2, 0) is 4.79 Å². The Balaban J connectivity index is 1.53. The van der Waals surface area contributed by atoms with E-state index in [2.05, 4.69) is 39.8 Å². The summed E-state index contributed by atoms with van der Waals surface area (Å²) in [6, 6.07) is 1.18. The summed E-state index contributed by atoms with van der Waals surface area (Å²) in [5.74, 6) is 4.61. The number of nitrogens with zero attached hydrogens (tertiary/aromatic N) is 2. The highest BCUT2D eigenvalue weighted by molar-refractivity contribution is 5.73. The van der Waals surface area contributed by atoms with Crippen LogP contribution in [0.25, 0.3) is 0 Å². The maximum Gasteiger partial charge on any atom is 0.219 e. The highest BCUT2D eigenvalue weighted by atomic mass is 16.2. The van der Waals surface area contributed by atoms with Crippen molar-refractivity contribution < 1.29 is 4.79 Å². The monoisotopic (exact) mass is 402 g/mol. The molecule has 4 saturated carbocycles. The van der Waals surface area contributed by atoms with Gasteiger partial charge in [-0.1, -0.05) is 13.8 Å². The van der Waals surface area contributed by atoms with Crippen LogP contribution in [0.3, 0.4) is 0 Å². The number of carbonyl (C=O) groups is 1. The fourth-order valence-electron chi connectivity index (χ4n) is 9.09. The maximum atomic E-state index is 12.0. The van der Waals surface area contributed by atoms with Crippen molar-refractivity contribution in [1.29, 1.82) is 0 Å². The van der Waals surface area contributed by atoms with Crippen molar-refractivity contribution in [1.82, 2.24) is 9.80 Å². The molecule has 4 fully saturated rings. The van der Waals surface area contributed by atoms with Crippen LogP contribution in [0.1, 0.15) is 85.5 Å². The zero-order chi connectivity index (χ0) is 21.1. The average Bonchev–Trinajstić information content (AvgIpc) is 3.03.